The zero-order chi connectivity index (χ0) is 15.6. The van der Waals surface area contributed by atoms with Crippen molar-refractivity contribution < 1.29 is 0 Å². The molecule has 0 N–H and O–H groups in total. The predicted octanol–water partition coefficient (Wildman–Crippen LogP) is 2.82. The second-order valence-electron chi connectivity index (χ2n) is 5.38. The summed E-state index contributed by atoms with van der Waals surface area (Å²) in [6.45, 7) is 10.4. The largest absolute Gasteiger partial charge is 0.297 e. The maximum Gasteiger partial charge on any atom is 0.0543 e. The van der Waals surface area contributed by atoms with Gasteiger partial charge in [-0.3, -0.25) is 19.8 Å². The lowest BCUT2D eigenvalue weighted by molar-refractivity contribution is 0.202. The summed E-state index contributed by atoms with van der Waals surface area (Å²) in [6.07, 6.45) is 3.73. The van der Waals surface area contributed by atoms with E-state index in [2.05, 4.69) is 57.9 Å². The Kier molecular flexibility index (Phi) is 7.00. The highest BCUT2D eigenvalue weighted by atomic mass is 15.2. The van der Waals surface area contributed by atoms with Crippen LogP contribution in [0.1, 0.15) is 25.2 Å². The van der Waals surface area contributed by atoms with Crippen molar-refractivity contribution >= 4 is 0 Å². The lowest BCUT2D eigenvalue weighted by atomic mass is 10.3. The van der Waals surface area contributed by atoms with Crippen molar-refractivity contribution in [2.45, 2.75) is 26.9 Å². The molecule has 2 heterocycles. The van der Waals surface area contributed by atoms with E-state index in [0.29, 0.717) is 0 Å². The van der Waals surface area contributed by atoms with Crippen molar-refractivity contribution in [2.75, 3.05) is 26.2 Å². The van der Waals surface area contributed by atoms with E-state index in [0.717, 1.165) is 50.7 Å². The molecule has 22 heavy (non-hydrogen) atoms. The Labute approximate surface area is 133 Å². The molecule has 2 aromatic rings. The molecule has 0 atom stereocenters. The molecule has 0 unspecified atom stereocenters. The van der Waals surface area contributed by atoms with E-state index in [1.165, 1.54) is 0 Å². The van der Waals surface area contributed by atoms with Gasteiger partial charge in [0.1, 0.15) is 0 Å². The van der Waals surface area contributed by atoms with Gasteiger partial charge in [0.05, 0.1) is 11.4 Å². The predicted molar refractivity (Wildman–Crippen MR) is 90.4 cm³/mol. The molecule has 118 valence electrons. The van der Waals surface area contributed by atoms with E-state index in [-0.39, 0.29) is 0 Å². The molecule has 0 spiro atoms. The van der Waals surface area contributed by atoms with Gasteiger partial charge in [0.2, 0.25) is 0 Å². The highest BCUT2D eigenvalue weighted by Crippen LogP contribution is 2.04. The molecule has 0 saturated heterocycles. The maximum absolute atomic E-state index is 4.42. The number of rotatable bonds is 9. The van der Waals surface area contributed by atoms with Crippen LogP contribution in [0.3, 0.4) is 0 Å². The minimum Gasteiger partial charge on any atom is -0.297 e. The van der Waals surface area contributed by atoms with Crippen LogP contribution in [0, 0.1) is 0 Å². The Bertz CT molecular complexity index is 466. The first-order chi connectivity index (χ1) is 10.8. The van der Waals surface area contributed by atoms with Gasteiger partial charge in [0, 0.05) is 38.6 Å². The summed E-state index contributed by atoms with van der Waals surface area (Å²) in [4.78, 5) is 13.7. The smallest absolute Gasteiger partial charge is 0.0543 e. The molecule has 0 aliphatic carbocycles. The van der Waals surface area contributed by atoms with Crippen LogP contribution in [0.15, 0.2) is 48.8 Å². The topological polar surface area (TPSA) is 32.3 Å². The lowest BCUT2D eigenvalue weighted by Crippen LogP contribution is -2.34. The van der Waals surface area contributed by atoms with E-state index in [4.69, 9.17) is 0 Å². The van der Waals surface area contributed by atoms with Crippen LogP contribution in [-0.2, 0) is 13.1 Å². The number of hydrogen-bond donors (Lipinski definition) is 0. The van der Waals surface area contributed by atoms with Gasteiger partial charge in [0.15, 0.2) is 0 Å². The molecule has 0 fully saturated rings. The SMILES string of the molecule is CCN(CCN(CC)Cc1ccccn1)Cc1ccccn1. The van der Waals surface area contributed by atoms with Gasteiger partial charge >= 0.3 is 0 Å². The van der Waals surface area contributed by atoms with Crippen LogP contribution in [0.5, 0.6) is 0 Å². The molecule has 2 rings (SSSR count). The fourth-order valence-electron chi connectivity index (χ4n) is 2.42. The van der Waals surface area contributed by atoms with Gasteiger partial charge in [-0.1, -0.05) is 26.0 Å². The Morgan fingerprint density at radius 1 is 0.727 bits per heavy atom. The molecule has 2 aromatic heterocycles. The summed E-state index contributed by atoms with van der Waals surface area (Å²) >= 11 is 0. The summed E-state index contributed by atoms with van der Waals surface area (Å²) in [5, 5.41) is 0. The summed E-state index contributed by atoms with van der Waals surface area (Å²) in [5.41, 5.74) is 2.27. The lowest BCUT2D eigenvalue weighted by Gasteiger charge is -2.25. The zero-order valence-electron chi connectivity index (χ0n) is 13.7. The Morgan fingerprint density at radius 2 is 1.18 bits per heavy atom. The molecule has 0 aliphatic heterocycles. The normalized spacial score (nSPS) is 11.3. The van der Waals surface area contributed by atoms with Crippen molar-refractivity contribution in [1.82, 2.24) is 19.8 Å². The molecule has 0 aliphatic rings. The third-order valence-corrected chi connectivity index (χ3v) is 3.85. The van der Waals surface area contributed by atoms with Crippen molar-refractivity contribution in [3.63, 3.8) is 0 Å². The van der Waals surface area contributed by atoms with Crippen LogP contribution in [0.2, 0.25) is 0 Å². The molecule has 0 saturated carbocycles. The van der Waals surface area contributed by atoms with E-state index in [1.807, 2.05) is 24.5 Å². The molecule has 0 bridgehead atoms. The van der Waals surface area contributed by atoms with Gasteiger partial charge in [-0.15, -0.1) is 0 Å². The zero-order valence-corrected chi connectivity index (χ0v) is 13.7. The summed E-state index contributed by atoms with van der Waals surface area (Å²) in [7, 11) is 0. The quantitative estimate of drug-likeness (QED) is 0.712. The standard InChI is InChI=1S/C18H26N4/c1-3-21(15-17-9-5-7-11-19-17)13-14-22(4-2)16-18-10-6-8-12-20-18/h5-12H,3-4,13-16H2,1-2H3. The molecule has 4 heteroatoms. The molecule has 0 aromatic carbocycles. The highest BCUT2D eigenvalue weighted by molar-refractivity contribution is 5.04. The third-order valence-electron chi connectivity index (χ3n) is 3.85. The van der Waals surface area contributed by atoms with Gasteiger partial charge in [-0.25, -0.2) is 0 Å². The Hall–Kier alpha value is -1.78. The molecular weight excluding hydrogens is 272 g/mol. The van der Waals surface area contributed by atoms with Gasteiger partial charge in [-0.05, 0) is 37.4 Å². The Balaban J connectivity index is 1.83. The van der Waals surface area contributed by atoms with Crippen LogP contribution in [0.4, 0.5) is 0 Å². The van der Waals surface area contributed by atoms with Crippen molar-refractivity contribution in [2.24, 2.45) is 0 Å². The van der Waals surface area contributed by atoms with Crippen LogP contribution in [-0.4, -0.2) is 45.9 Å². The van der Waals surface area contributed by atoms with E-state index in [9.17, 15) is 0 Å². The molecule has 0 radical (unpaired) electrons. The molecule has 4 nitrogen and oxygen atoms in total. The fraction of sp³-hybridized carbons (Fsp3) is 0.444. The van der Waals surface area contributed by atoms with Crippen molar-refractivity contribution in [1.29, 1.82) is 0 Å². The monoisotopic (exact) mass is 298 g/mol. The summed E-state index contributed by atoms with van der Waals surface area (Å²) in [6, 6.07) is 12.2. The summed E-state index contributed by atoms with van der Waals surface area (Å²) in [5.74, 6) is 0. The number of pyridine rings is 2. The van der Waals surface area contributed by atoms with E-state index < -0.39 is 0 Å². The highest BCUT2D eigenvalue weighted by Gasteiger charge is 2.09. The first-order valence-electron chi connectivity index (χ1n) is 8.06. The average molecular weight is 298 g/mol. The average Bonchev–Trinajstić information content (AvgIpc) is 2.59. The second-order valence-corrected chi connectivity index (χ2v) is 5.38. The van der Waals surface area contributed by atoms with Crippen molar-refractivity contribution in [3.8, 4) is 0 Å². The van der Waals surface area contributed by atoms with Gasteiger partial charge in [0.25, 0.3) is 0 Å². The van der Waals surface area contributed by atoms with Gasteiger partial charge in [-0.2, -0.15) is 0 Å². The number of aromatic nitrogens is 2. The molecular formula is C18H26N4. The summed E-state index contributed by atoms with van der Waals surface area (Å²) < 4.78 is 0. The molecule has 0 amide bonds. The van der Waals surface area contributed by atoms with Crippen molar-refractivity contribution in [3.05, 3.63) is 60.2 Å². The first kappa shape index (κ1) is 16.6. The number of likely N-dealkylation sites (N-methyl/N-ethyl adjacent to an activating group) is 2. The fourth-order valence-corrected chi connectivity index (χ4v) is 2.42. The Morgan fingerprint density at radius 3 is 1.50 bits per heavy atom. The number of nitrogens with zero attached hydrogens (tertiary/aromatic N) is 4. The van der Waals surface area contributed by atoms with Crippen LogP contribution < -0.4 is 0 Å². The minimum absolute atomic E-state index is 0.915. The van der Waals surface area contributed by atoms with Crippen LogP contribution >= 0.6 is 0 Å². The second kappa shape index (κ2) is 9.28. The van der Waals surface area contributed by atoms with Crippen LogP contribution in [0.25, 0.3) is 0 Å². The maximum atomic E-state index is 4.42. The minimum atomic E-state index is 0.915. The first-order valence-corrected chi connectivity index (χ1v) is 8.06. The van der Waals surface area contributed by atoms with E-state index in [1.54, 1.807) is 0 Å². The third kappa shape index (κ3) is 5.54. The van der Waals surface area contributed by atoms with Gasteiger partial charge < -0.3 is 0 Å². The number of hydrogen-bond acceptors (Lipinski definition) is 4. The van der Waals surface area contributed by atoms with E-state index >= 15 is 0 Å².